The van der Waals surface area contributed by atoms with Crippen LogP contribution in [0.3, 0.4) is 0 Å². The predicted molar refractivity (Wildman–Crippen MR) is 60.4 cm³/mol. The van der Waals surface area contributed by atoms with Gasteiger partial charge in [-0.25, -0.2) is 4.98 Å². The summed E-state index contributed by atoms with van der Waals surface area (Å²) in [6, 6.07) is 5.11. The van der Waals surface area contributed by atoms with Crippen molar-refractivity contribution in [2.24, 2.45) is 0 Å². The van der Waals surface area contributed by atoms with E-state index in [0.29, 0.717) is 5.56 Å². The zero-order chi connectivity index (χ0) is 14.2. The predicted octanol–water partition coefficient (Wildman–Crippen LogP) is 3.31. The fourth-order valence-electron chi connectivity index (χ4n) is 1.61. The molecule has 1 aromatic carbocycles. The molecule has 100 valence electrons. The van der Waals surface area contributed by atoms with Crippen molar-refractivity contribution >= 4 is 5.69 Å². The Morgan fingerprint density at radius 2 is 1.84 bits per heavy atom. The van der Waals surface area contributed by atoms with Gasteiger partial charge in [-0.2, -0.15) is 13.2 Å². The highest BCUT2D eigenvalue weighted by Crippen LogP contribution is 2.32. The molecule has 0 saturated carbocycles. The number of aromatic nitrogens is 2. The van der Waals surface area contributed by atoms with E-state index < -0.39 is 16.8 Å². The fraction of sp³-hybridized carbons (Fsp3) is 0.182. The van der Waals surface area contributed by atoms with Crippen LogP contribution in [0.4, 0.5) is 18.9 Å². The van der Waals surface area contributed by atoms with E-state index in [4.69, 9.17) is 0 Å². The van der Waals surface area contributed by atoms with Crippen molar-refractivity contribution in [3.05, 3.63) is 45.8 Å². The van der Waals surface area contributed by atoms with Gasteiger partial charge in [0.1, 0.15) is 5.82 Å². The molecule has 0 radical (unpaired) electrons. The third-order valence-corrected chi connectivity index (χ3v) is 2.50. The van der Waals surface area contributed by atoms with Crippen LogP contribution in [0.5, 0.6) is 0 Å². The summed E-state index contributed by atoms with van der Waals surface area (Å²) in [5, 5.41) is 10.5. The SMILES string of the molecule is Cc1[nH]c(-c2ccc([N+](=O)[O-])cc2)nc1C(F)(F)F. The lowest BCUT2D eigenvalue weighted by atomic mass is 10.2. The number of benzene rings is 1. The number of nitro benzene ring substituents is 1. The molecule has 2 aromatic rings. The van der Waals surface area contributed by atoms with Crippen LogP contribution >= 0.6 is 0 Å². The third-order valence-electron chi connectivity index (χ3n) is 2.50. The number of hydrogen-bond acceptors (Lipinski definition) is 3. The number of H-pyrrole nitrogens is 1. The first kappa shape index (κ1) is 13.1. The number of imidazole rings is 1. The average Bonchev–Trinajstić information content (AvgIpc) is 2.71. The molecule has 0 amide bonds. The molecule has 0 bridgehead atoms. The lowest BCUT2D eigenvalue weighted by Crippen LogP contribution is -2.07. The lowest BCUT2D eigenvalue weighted by molar-refractivity contribution is -0.384. The molecule has 0 aliphatic heterocycles. The number of halogens is 3. The first-order chi connectivity index (χ1) is 8.79. The Balaban J connectivity index is 2.40. The Bertz CT molecular complexity index is 617. The number of nitro groups is 1. The molecule has 0 spiro atoms. The monoisotopic (exact) mass is 271 g/mol. The van der Waals surface area contributed by atoms with Gasteiger partial charge in [0.25, 0.3) is 5.69 Å². The Hall–Kier alpha value is -2.38. The molecule has 0 aliphatic carbocycles. The second kappa shape index (κ2) is 4.38. The highest BCUT2D eigenvalue weighted by molar-refractivity contribution is 5.58. The highest BCUT2D eigenvalue weighted by Gasteiger charge is 2.36. The average molecular weight is 271 g/mol. The van der Waals surface area contributed by atoms with Crippen LogP contribution in [0, 0.1) is 17.0 Å². The van der Waals surface area contributed by atoms with Gasteiger partial charge in [0.05, 0.1) is 4.92 Å². The lowest BCUT2D eigenvalue weighted by Gasteiger charge is -2.01. The Morgan fingerprint density at radius 3 is 2.26 bits per heavy atom. The van der Waals surface area contributed by atoms with Crippen molar-refractivity contribution < 1.29 is 18.1 Å². The number of non-ortho nitro benzene ring substituents is 1. The van der Waals surface area contributed by atoms with Crippen LogP contribution in [-0.2, 0) is 6.18 Å². The van der Waals surface area contributed by atoms with Crippen molar-refractivity contribution in [3.63, 3.8) is 0 Å². The Kier molecular flexibility index (Phi) is 3.01. The summed E-state index contributed by atoms with van der Waals surface area (Å²) in [5.74, 6) is 0.0275. The number of rotatable bonds is 2. The number of hydrogen-bond donors (Lipinski definition) is 1. The van der Waals surface area contributed by atoms with E-state index in [1.54, 1.807) is 0 Å². The van der Waals surface area contributed by atoms with E-state index in [-0.39, 0.29) is 17.2 Å². The second-order valence-corrected chi connectivity index (χ2v) is 3.86. The number of aromatic amines is 1. The van der Waals surface area contributed by atoms with E-state index >= 15 is 0 Å². The van der Waals surface area contributed by atoms with Crippen molar-refractivity contribution in [2.45, 2.75) is 13.1 Å². The van der Waals surface area contributed by atoms with E-state index in [2.05, 4.69) is 9.97 Å². The van der Waals surface area contributed by atoms with Gasteiger partial charge in [0.2, 0.25) is 0 Å². The minimum Gasteiger partial charge on any atom is -0.342 e. The molecule has 2 rings (SSSR count). The Labute approximate surface area is 105 Å². The summed E-state index contributed by atoms with van der Waals surface area (Å²) in [5.41, 5.74) is -0.867. The van der Waals surface area contributed by atoms with Crippen molar-refractivity contribution in [2.75, 3.05) is 0 Å². The summed E-state index contributed by atoms with van der Waals surface area (Å²) in [4.78, 5) is 15.9. The maximum absolute atomic E-state index is 12.6. The van der Waals surface area contributed by atoms with Crippen LogP contribution in [-0.4, -0.2) is 14.9 Å². The van der Waals surface area contributed by atoms with E-state index in [1.807, 2.05) is 0 Å². The minimum atomic E-state index is -4.53. The van der Waals surface area contributed by atoms with Gasteiger partial charge >= 0.3 is 6.18 Å². The highest BCUT2D eigenvalue weighted by atomic mass is 19.4. The molecule has 1 N–H and O–H groups in total. The van der Waals surface area contributed by atoms with E-state index in [0.717, 1.165) is 0 Å². The van der Waals surface area contributed by atoms with Gasteiger partial charge in [0.15, 0.2) is 5.69 Å². The number of nitrogens with zero attached hydrogens (tertiary/aromatic N) is 2. The quantitative estimate of drug-likeness (QED) is 0.672. The molecule has 5 nitrogen and oxygen atoms in total. The fourth-order valence-corrected chi connectivity index (χ4v) is 1.61. The van der Waals surface area contributed by atoms with Gasteiger partial charge in [0, 0.05) is 23.4 Å². The summed E-state index contributed by atoms with van der Waals surface area (Å²) < 4.78 is 37.7. The van der Waals surface area contributed by atoms with Crippen LogP contribution in [0.1, 0.15) is 11.4 Å². The van der Waals surface area contributed by atoms with Crippen LogP contribution < -0.4 is 0 Å². The van der Waals surface area contributed by atoms with Gasteiger partial charge in [-0.05, 0) is 19.1 Å². The molecule has 0 aliphatic rings. The molecular formula is C11H8F3N3O2. The number of aryl methyl sites for hydroxylation is 1. The zero-order valence-electron chi connectivity index (χ0n) is 9.65. The normalized spacial score (nSPS) is 11.6. The van der Waals surface area contributed by atoms with E-state index in [9.17, 15) is 23.3 Å². The smallest absolute Gasteiger partial charge is 0.342 e. The largest absolute Gasteiger partial charge is 0.435 e. The van der Waals surface area contributed by atoms with Crippen LogP contribution in [0.25, 0.3) is 11.4 Å². The van der Waals surface area contributed by atoms with Gasteiger partial charge in [-0.3, -0.25) is 10.1 Å². The Morgan fingerprint density at radius 1 is 1.26 bits per heavy atom. The first-order valence-electron chi connectivity index (χ1n) is 5.17. The van der Waals surface area contributed by atoms with Crippen molar-refractivity contribution in [3.8, 4) is 11.4 Å². The summed E-state index contributed by atoms with van der Waals surface area (Å²) in [6.07, 6.45) is -4.53. The van der Waals surface area contributed by atoms with Gasteiger partial charge < -0.3 is 4.98 Å². The summed E-state index contributed by atoms with van der Waals surface area (Å²) in [7, 11) is 0. The topological polar surface area (TPSA) is 71.8 Å². The molecule has 19 heavy (non-hydrogen) atoms. The molecule has 0 atom stereocenters. The van der Waals surface area contributed by atoms with Gasteiger partial charge in [-0.15, -0.1) is 0 Å². The molecular weight excluding hydrogens is 263 g/mol. The van der Waals surface area contributed by atoms with E-state index in [1.165, 1.54) is 31.2 Å². The molecule has 0 unspecified atom stereocenters. The summed E-state index contributed by atoms with van der Waals surface area (Å²) >= 11 is 0. The number of alkyl halides is 3. The molecule has 1 aromatic heterocycles. The van der Waals surface area contributed by atoms with Gasteiger partial charge in [-0.1, -0.05) is 0 Å². The second-order valence-electron chi connectivity index (χ2n) is 3.86. The summed E-state index contributed by atoms with van der Waals surface area (Å²) in [6.45, 7) is 1.27. The first-order valence-corrected chi connectivity index (χ1v) is 5.17. The zero-order valence-corrected chi connectivity index (χ0v) is 9.65. The molecule has 0 fully saturated rings. The van der Waals surface area contributed by atoms with Crippen LogP contribution in [0.2, 0.25) is 0 Å². The minimum absolute atomic E-state index is 0.0275. The maximum Gasteiger partial charge on any atom is 0.435 e. The van der Waals surface area contributed by atoms with Crippen molar-refractivity contribution in [1.82, 2.24) is 9.97 Å². The van der Waals surface area contributed by atoms with Crippen LogP contribution in [0.15, 0.2) is 24.3 Å². The number of nitrogens with one attached hydrogen (secondary N) is 1. The molecule has 0 saturated heterocycles. The molecule has 1 heterocycles. The maximum atomic E-state index is 12.6. The standard InChI is InChI=1S/C11H8F3N3O2/c1-6-9(11(12,13)14)16-10(15-6)7-2-4-8(5-3-7)17(18)19/h2-5H,1H3,(H,15,16). The third kappa shape index (κ3) is 2.56. The van der Waals surface area contributed by atoms with Crippen molar-refractivity contribution in [1.29, 1.82) is 0 Å². The molecule has 8 heteroatoms.